The van der Waals surface area contributed by atoms with Crippen LogP contribution >= 0.6 is 15.9 Å². The quantitative estimate of drug-likeness (QED) is 0.889. The number of imidazole rings is 1. The first kappa shape index (κ1) is 10.9. The molecule has 0 saturated heterocycles. The van der Waals surface area contributed by atoms with Gasteiger partial charge in [-0.1, -0.05) is 28.1 Å². The fourth-order valence-electron chi connectivity index (χ4n) is 1.45. The number of carbonyl (C=O) groups is 1. The van der Waals surface area contributed by atoms with Crippen molar-refractivity contribution < 1.29 is 9.90 Å². The summed E-state index contributed by atoms with van der Waals surface area (Å²) >= 11 is 3.34. The van der Waals surface area contributed by atoms with Crippen LogP contribution in [0.5, 0.6) is 0 Å². The first-order valence-corrected chi connectivity index (χ1v) is 5.43. The molecule has 2 N–H and O–H groups in total. The summed E-state index contributed by atoms with van der Waals surface area (Å²) < 4.78 is 0.975. The molecule has 0 radical (unpaired) electrons. The monoisotopic (exact) mass is 280 g/mol. The van der Waals surface area contributed by atoms with Gasteiger partial charge in [-0.15, -0.1) is 0 Å². The molecule has 5 heteroatoms. The minimum Gasteiger partial charge on any atom is -0.475 e. The maximum Gasteiger partial charge on any atom is 0.371 e. The van der Waals surface area contributed by atoms with Gasteiger partial charge in [-0.05, 0) is 19.1 Å². The fourth-order valence-corrected chi connectivity index (χ4v) is 1.71. The van der Waals surface area contributed by atoms with Crippen LogP contribution in [0.4, 0.5) is 0 Å². The fraction of sp³-hybridized carbons (Fsp3) is 0.0909. The Morgan fingerprint density at radius 1 is 1.38 bits per heavy atom. The van der Waals surface area contributed by atoms with E-state index in [9.17, 15) is 4.79 Å². The van der Waals surface area contributed by atoms with Gasteiger partial charge < -0.3 is 10.1 Å². The number of rotatable bonds is 2. The SMILES string of the molecule is Cc1[nH]c(C(=O)O)nc1-c1ccc(Br)cc1. The van der Waals surface area contributed by atoms with E-state index in [1.54, 1.807) is 6.92 Å². The summed E-state index contributed by atoms with van der Waals surface area (Å²) in [4.78, 5) is 17.5. The zero-order valence-corrected chi connectivity index (χ0v) is 10.1. The van der Waals surface area contributed by atoms with E-state index in [0.29, 0.717) is 5.69 Å². The number of nitrogens with one attached hydrogen (secondary N) is 1. The van der Waals surface area contributed by atoms with Crippen molar-refractivity contribution in [2.45, 2.75) is 6.92 Å². The summed E-state index contributed by atoms with van der Waals surface area (Å²) in [6.45, 7) is 1.80. The molecule has 0 aliphatic rings. The van der Waals surface area contributed by atoms with E-state index >= 15 is 0 Å². The minimum absolute atomic E-state index is 0.0320. The maximum absolute atomic E-state index is 10.8. The molecule has 0 fully saturated rings. The Balaban J connectivity index is 2.47. The Labute approximate surface area is 100 Å². The second-order valence-corrected chi connectivity index (χ2v) is 4.29. The van der Waals surface area contributed by atoms with Crippen molar-refractivity contribution in [3.8, 4) is 11.3 Å². The molecule has 16 heavy (non-hydrogen) atoms. The third kappa shape index (κ3) is 1.99. The molecule has 0 bridgehead atoms. The van der Waals surface area contributed by atoms with Gasteiger partial charge in [-0.3, -0.25) is 0 Å². The van der Waals surface area contributed by atoms with Gasteiger partial charge in [0.2, 0.25) is 5.82 Å². The average molecular weight is 281 g/mol. The van der Waals surface area contributed by atoms with Gasteiger partial charge in [-0.2, -0.15) is 0 Å². The topological polar surface area (TPSA) is 66.0 Å². The highest BCUT2D eigenvalue weighted by molar-refractivity contribution is 9.10. The summed E-state index contributed by atoms with van der Waals surface area (Å²) in [5.41, 5.74) is 2.31. The Hall–Kier alpha value is -1.62. The van der Waals surface area contributed by atoms with Crippen molar-refractivity contribution in [3.05, 3.63) is 40.3 Å². The zero-order valence-electron chi connectivity index (χ0n) is 8.49. The van der Waals surface area contributed by atoms with Crippen LogP contribution in [-0.4, -0.2) is 21.0 Å². The van der Waals surface area contributed by atoms with E-state index in [0.717, 1.165) is 15.7 Å². The van der Waals surface area contributed by atoms with Gasteiger partial charge in [0.1, 0.15) is 0 Å². The lowest BCUT2D eigenvalue weighted by atomic mass is 10.1. The molecule has 1 aromatic carbocycles. The van der Waals surface area contributed by atoms with Crippen LogP contribution in [0.15, 0.2) is 28.7 Å². The van der Waals surface area contributed by atoms with Crippen LogP contribution in [0.1, 0.15) is 16.3 Å². The number of aromatic amines is 1. The number of carboxylic acid groups (broad SMARTS) is 1. The van der Waals surface area contributed by atoms with Crippen LogP contribution in [0.3, 0.4) is 0 Å². The Morgan fingerprint density at radius 2 is 2.00 bits per heavy atom. The number of hydrogen-bond donors (Lipinski definition) is 2. The van der Waals surface area contributed by atoms with E-state index in [2.05, 4.69) is 25.9 Å². The first-order valence-electron chi connectivity index (χ1n) is 4.64. The van der Waals surface area contributed by atoms with Crippen molar-refractivity contribution in [2.75, 3.05) is 0 Å². The zero-order chi connectivity index (χ0) is 11.7. The Kier molecular flexibility index (Phi) is 2.78. The molecule has 1 aromatic heterocycles. The van der Waals surface area contributed by atoms with Crippen LogP contribution in [0.25, 0.3) is 11.3 Å². The molecule has 0 atom stereocenters. The Bertz CT molecular complexity index is 531. The van der Waals surface area contributed by atoms with Gasteiger partial charge >= 0.3 is 5.97 Å². The summed E-state index contributed by atoms with van der Waals surface area (Å²) in [6.07, 6.45) is 0. The minimum atomic E-state index is -1.05. The van der Waals surface area contributed by atoms with Crippen LogP contribution in [0.2, 0.25) is 0 Å². The third-order valence-electron chi connectivity index (χ3n) is 2.20. The average Bonchev–Trinajstić information content (AvgIpc) is 2.62. The molecule has 0 aliphatic heterocycles. The van der Waals surface area contributed by atoms with Crippen molar-refractivity contribution >= 4 is 21.9 Å². The van der Waals surface area contributed by atoms with Gasteiger partial charge in [0.15, 0.2) is 0 Å². The van der Waals surface area contributed by atoms with Gasteiger partial charge in [0, 0.05) is 15.7 Å². The normalized spacial score (nSPS) is 10.4. The molecule has 4 nitrogen and oxygen atoms in total. The number of aryl methyl sites for hydroxylation is 1. The smallest absolute Gasteiger partial charge is 0.371 e. The molecule has 0 saturated carbocycles. The predicted molar refractivity (Wildman–Crippen MR) is 63.4 cm³/mol. The first-order chi connectivity index (χ1) is 7.58. The van der Waals surface area contributed by atoms with Gasteiger partial charge in [0.25, 0.3) is 0 Å². The summed E-state index contributed by atoms with van der Waals surface area (Å²) in [7, 11) is 0. The lowest BCUT2D eigenvalue weighted by Gasteiger charge is -1.98. The molecule has 0 unspecified atom stereocenters. The lowest BCUT2D eigenvalue weighted by Crippen LogP contribution is -1.98. The highest BCUT2D eigenvalue weighted by Crippen LogP contribution is 2.23. The maximum atomic E-state index is 10.8. The number of halogens is 1. The van der Waals surface area contributed by atoms with Crippen LogP contribution in [-0.2, 0) is 0 Å². The van der Waals surface area contributed by atoms with Gasteiger partial charge in [0.05, 0.1) is 5.69 Å². The molecule has 82 valence electrons. The van der Waals surface area contributed by atoms with Crippen molar-refractivity contribution in [2.24, 2.45) is 0 Å². The second-order valence-electron chi connectivity index (χ2n) is 3.37. The molecule has 1 heterocycles. The highest BCUT2D eigenvalue weighted by atomic mass is 79.9. The van der Waals surface area contributed by atoms with Crippen LogP contribution in [0, 0.1) is 6.92 Å². The van der Waals surface area contributed by atoms with E-state index in [4.69, 9.17) is 5.11 Å². The second kappa shape index (κ2) is 4.09. The number of H-pyrrole nitrogens is 1. The summed E-state index contributed by atoms with van der Waals surface area (Å²) in [6, 6.07) is 7.56. The molecule has 2 aromatic rings. The standard InChI is InChI=1S/C11H9BrN2O2/c1-6-9(14-10(13-6)11(15)16)7-2-4-8(12)5-3-7/h2-5H,1H3,(H,13,14)(H,15,16). The number of hydrogen-bond acceptors (Lipinski definition) is 2. The third-order valence-corrected chi connectivity index (χ3v) is 2.73. The summed E-state index contributed by atoms with van der Waals surface area (Å²) in [5.74, 6) is -1.08. The number of aromatic nitrogens is 2. The molecule has 0 amide bonds. The van der Waals surface area contributed by atoms with E-state index in [-0.39, 0.29) is 5.82 Å². The van der Waals surface area contributed by atoms with Crippen LogP contribution < -0.4 is 0 Å². The highest BCUT2D eigenvalue weighted by Gasteiger charge is 2.13. The van der Waals surface area contributed by atoms with Gasteiger partial charge in [-0.25, -0.2) is 9.78 Å². The van der Waals surface area contributed by atoms with E-state index in [1.165, 1.54) is 0 Å². The molecular weight excluding hydrogens is 272 g/mol. The molecule has 0 spiro atoms. The molecule has 2 rings (SSSR count). The number of nitrogens with zero attached hydrogens (tertiary/aromatic N) is 1. The van der Waals surface area contributed by atoms with Crippen molar-refractivity contribution in [1.82, 2.24) is 9.97 Å². The Morgan fingerprint density at radius 3 is 2.50 bits per heavy atom. The molecule has 0 aliphatic carbocycles. The lowest BCUT2D eigenvalue weighted by molar-refractivity contribution is 0.0684. The molecular formula is C11H9BrN2O2. The van der Waals surface area contributed by atoms with Crippen molar-refractivity contribution in [3.63, 3.8) is 0 Å². The number of aromatic carboxylic acids is 1. The van der Waals surface area contributed by atoms with E-state index in [1.807, 2.05) is 24.3 Å². The largest absolute Gasteiger partial charge is 0.475 e. The van der Waals surface area contributed by atoms with E-state index < -0.39 is 5.97 Å². The van der Waals surface area contributed by atoms with Crippen molar-refractivity contribution in [1.29, 1.82) is 0 Å². The summed E-state index contributed by atoms with van der Waals surface area (Å²) in [5, 5.41) is 8.81. The number of carboxylic acids is 1. The predicted octanol–water partition coefficient (Wildman–Crippen LogP) is 2.85. The number of benzene rings is 1.